The number of halogens is 4. The normalized spacial score (nSPS) is 11.1. The molecule has 0 atom stereocenters. The standard InChI is InChI=1S/C11H9ClF3NO/c1-6(2)8-5-7(3-4-9(8)12)16-10(17)11(13,14)15/h3-5H,1H2,2H3,(H,16,17). The van der Waals surface area contributed by atoms with E-state index in [-0.39, 0.29) is 5.69 Å². The van der Waals surface area contributed by atoms with Crippen LogP contribution in [-0.2, 0) is 4.79 Å². The molecule has 0 bridgehead atoms. The monoisotopic (exact) mass is 263 g/mol. The molecule has 92 valence electrons. The summed E-state index contributed by atoms with van der Waals surface area (Å²) in [6.07, 6.45) is -4.91. The van der Waals surface area contributed by atoms with Gasteiger partial charge in [0.2, 0.25) is 0 Å². The Morgan fingerprint density at radius 1 is 1.41 bits per heavy atom. The maximum absolute atomic E-state index is 12.0. The van der Waals surface area contributed by atoms with Crippen LogP contribution < -0.4 is 5.32 Å². The molecular weight excluding hydrogens is 255 g/mol. The number of carbonyl (C=O) groups excluding carboxylic acids is 1. The third-order valence-corrected chi connectivity index (χ3v) is 2.27. The van der Waals surface area contributed by atoms with Gasteiger partial charge in [0.25, 0.3) is 0 Å². The van der Waals surface area contributed by atoms with Crippen molar-refractivity contribution in [3.8, 4) is 0 Å². The zero-order valence-electron chi connectivity index (χ0n) is 8.86. The number of carbonyl (C=O) groups is 1. The number of benzene rings is 1. The molecule has 0 aromatic heterocycles. The Morgan fingerprint density at radius 2 is 2.00 bits per heavy atom. The molecule has 1 rings (SSSR count). The molecule has 0 spiro atoms. The largest absolute Gasteiger partial charge is 0.471 e. The maximum Gasteiger partial charge on any atom is 0.471 e. The lowest BCUT2D eigenvalue weighted by Crippen LogP contribution is -2.29. The van der Waals surface area contributed by atoms with E-state index in [1.807, 2.05) is 0 Å². The smallest absolute Gasteiger partial charge is 0.318 e. The van der Waals surface area contributed by atoms with Crippen molar-refractivity contribution in [1.82, 2.24) is 0 Å². The van der Waals surface area contributed by atoms with Crippen LogP contribution in [0.3, 0.4) is 0 Å². The second kappa shape index (κ2) is 4.79. The summed E-state index contributed by atoms with van der Waals surface area (Å²) in [7, 11) is 0. The predicted molar refractivity (Wildman–Crippen MR) is 60.8 cm³/mol. The highest BCUT2D eigenvalue weighted by Crippen LogP contribution is 2.27. The molecule has 17 heavy (non-hydrogen) atoms. The first-order valence-corrected chi connectivity index (χ1v) is 4.93. The lowest BCUT2D eigenvalue weighted by molar-refractivity contribution is -0.167. The molecule has 1 aromatic rings. The maximum atomic E-state index is 12.0. The highest BCUT2D eigenvalue weighted by molar-refractivity contribution is 6.32. The van der Waals surface area contributed by atoms with E-state index in [9.17, 15) is 18.0 Å². The van der Waals surface area contributed by atoms with Crippen LogP contribution in [0, 0.1) is 0 Å². The van der Waals surface area contributed by atoms with Crippen molar-refractivity contribution < 1.29 is 18.0 Å². The number of amides is 1. The van der Waals surface area contributed by atoms with Crippen LogP contribution in [0.4, 0.5) is 18.9 Å². The van der Waals surface area contributed by atoms with Gasteiger partial charge < -0.3 is 5.32 Å². The van der Waals surface area contributed by atoms with Crippen LogP contribution in [0.5, 0.6) is 0 Å². The predicted octanol–water partition coefficient (Wildman–Crippen LogP) is 3.87. The van der Waals surface area contributed by atoms with Crippen LogP contribution in [0.15, 0.2) is 24.8 Å². The zero-order chi connectivity index (χ0) is 13.2. The van der Waals surface area contributed by atoms with Gasteiger partial charge in [0.15, 0.2) is 0 Å². The summed E-state index contributed by atoms with van der Waals surface area (Å²) in [6.45, 7) is 5.30. The molecule has 0 fully saturated rings. The van der Waals surface area contributed by atoms with E-state index >= 15 is 0 Å². The first-order chi connectivity index (χ1) is 7.71. The lowest BCUT2D eigenvalue weighted by Gasteiger charge is -2.10. The van der Waals surface area contributed by atoms with Gasteiger partial charge in [-0.25, -0.2) is 0 Å². The number of anilines is 1. The minimum atomic E-state index is -4.91. The minimum absolute atomic E-state index is 0.0229. The van der Waals surface area contributed by atoms with Gasteiger partial charge in [-0.15, -0.1) is 0 Å². The van der Waals surface area contributed by atoms with Crippen molar-refractivity contribution in [1.29, 1.82) is 0 Å². The van der Waals surface area contributed by atoms with Gasteiger partial charge in [-0.3, -0.25) is 4.79 Å². The quantitative estimate of drug-likeness (QED) is 0.862. The van der Waals surface area contributed by atoms with Gasteiger partial charge in [-0.05, 0) is 36.3 Å². The average Bonchev–Trinajstić information content (AvgIpc) is 2.19. The fourth-order valence-electron chi connectivity index (χ4n) is 1.13. The number of rotatable bonds is 2. The van der Waals surface area contributed by atoms with Crippen LogP contribution in [0.25, 0.3) is 5.57 Å². The van der Waals surface area contributed by atoms with Crippen LogP contribution in [-0.4, -0.2) is 12.1 Å². The number of nitrogens with one attached hydrogen (secondary N) is 1. The van der Waals surface area contributed by atoms with E-state index in [0.29, 0.717) is 16.2 Å². The third-order valence-electron chi connectivity index (χ3n) is 1.94. The molecule has 2 nitrogen and oxygen atoms in total. The van der Waals surface area contributed by atoms with Crippen molar-refractivity contribution in [2.75, 3.05) is 5.32 Å². The van der Waals surface area contributed by atoms with Gasteiger partial charge in [0.1, 0.15) is 0 Å². The molecular formula is C11H9ClF3NO. The Bertz CT molecular complexity index is 468. The van der Waals surface area contributed by atoms with E-state index in [4.69, 9.17) is 11.6 Å². The van der Waals surface area contributed by atoms with Crippen molar-refractivity contribution in [3.05, 3.63) is 35.4 Å². The number of hydrogen-bond acceptors (Lipinski definition) is 1. The van der Waals surface area contributed by atoms with Gasteiger partial charge in [0.05, 0.1) is 0 Å². The number of hydrogen-bond donors (Lipinski definition) is 1. The average molecular weight is 264 g/mol. The molecule has 0 unspecified atom stereocenters. The van der Waals surface area contributed by atoms with E-state index in [0.717, 1.165) is 0 Å². The Balaban J connectivity index is 2.98. The molecule has 1 amide bonds. The molecule has 0 aliphatic carbocycles. The van der Waals surface area contributed by atoms with E-state index < -0.39 is 12.1 Å². The van der Waals surface area contributed by atoms with Crippen molar-refractivity contribution in [2.45, 2.75) is 13.1 Å². The number of allylic oxidation sites excluding steroid dienone is 1. The van der Waals surface area contributed by atoms with Gasteiger partial charge >= 0.3 is 12.1 Å². The molecule has 0 radical (unpaired) electrons. The molecule has 0 heterocycles. The molecule has 6 heteroatoms. The topological polar surface area (TPSA) is 29.1 Å². The van der Waals surface area contributed by atoms with E-state index in [1.165, 1.54) is 18.2 Å². The van der Waals surface area contributed by atoms with Crippen molar-refractivity contribution >= 4 is 28.8 Å². The fourth-order valence-corrected chi connectivity index (χ4v) is 1.41. The lowest BCUT2D eigenvalue weighted by atomic mass is 10.1. The second-order valence-corrected chi connectivity index (χ2v) is 3.83. The Hall–Kier alpha value is -1.49. The first kappa shape index (κ1) is 13.6. The summed E-state index contributed by atoms with van der Waals surface area (Å²) in [5.41, 5.74) is 1.11. The van der Waals surface area contributed by atoms with Gasteiger partial charge in [-0.2, -0.15) is 13.2 Å². The SMILES string of the molecule is C=C(C)c1cc(NC(=O)C(F)(F)F)ccc1Cl. The molecule has 1 aromatic carbocycles. The Labute approximate surface area is 101 Å². The van der Waals surface area contributed by atoms with Crippen LogP contribution in [0.2, 0.25) is 5.02 Å². The van der Waals surface area contributed by atoms with Gasteiger partial charge in [0, 0.05) is 10.7 Å². The van der Waals surface area contributed by atoms with E-state index in [2.05, 4.69) is 6.58 Å². The third kappa shape index (κ3) is 3.49. The first-order valence-electron chi connectivity index (χ1n) is 4.55. The Kier molecular flexibility index (Phi) is 3.83. The molecule has 0 saturated carbocycles. The summed E-state index contributed by atoms with van der Waals surface area (Å²) in [4.78, 5) is 10.7. The highest BCUT2D eigenvalue weighted by Gasteiger charge is 2.38. The van der Waals surface area contributed by atoms with Gasteiger partial charge in [-0.1, -0.05) is 18.2 Å². The molecule has 0 saturated heterocycles. The fraction of sp³-hybridized carbons (Fsp3) is 0.182. The van der Waals surface area contributed by atoms with Crippen LogP contribution >= 0.6 is 11.6 Å². The minimum Gasteiger partial charge on any atom is -0.318 e. The summed E-state index contributed by atoms with van der Waals surface area (Å²) in [5, 5.41) is 2.10. The summed E-state index contributed by atoms with van der Waals surface area (Å²) in [6, 6.07) is 4.03. The summed E-state index contributed by atoms with van der Waals surface area (Å²) >= 11 is 5.82. The van der Waals surface area contributed by atoms with Crippen molar-refractivity contribution in [3.63, 3.8) is 0 Å². The zero-order valence-corrected chi connectivity index (χ0v) is 9.62. The molecule has 1 N–H and O–H groups in total. The molecule has 0 aliphatic heterocycles. The Morgan fingerprint density at radius 3 is 2.47 bits per heavy atom. The van der Waals surface area contributed by atoms with E-state index in [1.54, 1.807) is 12.2 Å². The number of alkyl halides is 3. The summed E-state index contributed by atoms with van der Waals surface area (Å²) < 4.78 is 36.1. The second-order valence-electron chi connectivity index (χ2n) is 3.43. The van der Waals surface area contributed by atoms with Crippen LogP contribution in [0.1, 0.15) is 12.5 Å². The van der Waals surface area contributed by atoms with Crippen molar-refractivity contribution in [2.24, 2.45) is 0 Å². The summed E-state index contributed by atoms with van der Waals surface area (Å²) in [5.74, 6) is -2.02. The highest BCUT2D eigenvalue weighted by atomic mass is 35.5. The molecule has 0 aliphatic rings.